The van der Waals surface area contributed by atoms with Gasteiger partial charge in [-0.05, 0) is 0 Å². The van der Waals surface area contributed by atoms with E-state index in [1.54, 1.807) is 5.10 Å². The molecule has 84 valence electrons. The molecule has 0 saturated carbocycles. The molecular formula is C4H4N2O7S2. The van der Waals surface area contributed by atoms with E-state index in [0.29, 0.717) is 0 Å². The molecule has 4 N–H and O–H groups in total. The Morgan fingerprint density at radius 1 is 1.33 bits per heavy atom. The van der Waals surface area contributed by atoms with Crippen molar-refractivity contribution < 1.29 is 27.4 Å². The summed E-state index contributed by atoms with van der Waals surface area (Å²) in [6.45, 7) is 0. The predicted molar refractivity (Wildman–Crippen MR) is 47.2 cm³/mol. The van der Waals surface area contributed by atoms with Crippen molar-refractivity contribution in [1.29, 1.82) is 0 Å². The van der Waals surface area contributed by atoms with Gasteiger partial charge in [0.2, 0.25) is 0 Å². The molecule has 0 radical (unpaired) electrons. The van der Waals surface area contributed by atoms with Crippen LogP contribution in [0, 0.1) is 0 Å². The first-order valence-corrected chi connectivity index (χ1v) is 5.33. The Kier molecular flexibility index (Phi) is 3.18. The summed E-state index contributed by atoms with van der Waals surface area (Å²) in [4.78, 5) is 20.7. The molecule has 0 spiro atoms. The van der Waals surface area contributed by atoms with Crippen molar-refractivity contribution in [2.75, 3.05) is 0 Å². The first kappa shape index (κ1) is 11.8. The molecule has 0 amide bonds. The molecule has 2 unspecified atom stereocenters. The van der Waals surface area contributed by atoms with E-state index in [1.807, 2.05) is 0 Å². The number of nitrogens with zero attached hydrogens (tertiary/aromatic N) is 1. The van der Waals surface area contributed by atoms with E-state index in [-0.39, 0.29) is 4.09 Å². The van der Waals surface area contributed by atoms with Crippen LogP contribution < -0.4 is 5.56 Å². The fourth-order valence-electron chi connectivity index (χ4n) is 0.819. The fraction of sp³-hybridized carbons (Fsp3) is 0. The van der Waals surface area contributed by atoms with E-state index in [1.165, 1.54) is 0 Å². The van der Waals surface area contributed by atoms with Crippen LogP contribution in [-0.4, -0.2) is 37.8 Å². The van der Waals surface area contributed by atoms with Gasteiger partial charge in [0.05, 0.1) is 0 Å². The van der Waals surface area contributed by atoms with Gasteiger partial charge in [0.1, 0.15) is 0 Å². The molecule has 0 aliphatic rings. The molecule has 0 aliphatic carbocycles. The normalized spacial score (nSPS) is 14.8. The van der Waals surface area contributed by atoms with Gasteiger partial charge in [-0.25, -0.2) is 13.2 Å². The summed E-state index contributed by atoms with van der Waals surface area (Å²) >= 11 is -5.68. The van der Waals surface area contributed by atoms with Crippen LogP contribution in [-0.2, 0) is 22.3 Å². The molecule has 1 aromatic heterocycles. The number of hydrogen-bond donors (Lipinski definition) is 4. The Balaban J connectivity index is 3.61. The monoisotopic (exact) mass is 256 g/mol. The van der Waals surface area contributed by atoms with Crippen molar-refractivity contribution in [2.45, 2.75) is 4.90 Å². The van der Waals surface area contributed by atoms with E-state index < -0.39 is 44.5 Å². The van der Waals surface area contributed by atoms with Gasteiger partial charge >= 0.3 is 5.97 Å². The maximum atomic E-state index is 11.1. The van der Waals surface area contributed by atoms with Gasteiger partial charge in [0.15, 0.2) is 21.7 Å². The Hall–Kier alpha value is -1.30. The highest BCUT2D eigenvalue weighted by Gasteiger charge is 2.25. The van der Waals surface area contributed by atoms with E-state index in [2.05, 4.69) is 0 Å². The topological polar surface area (TPSA) is 150 Å². The molecule has 15 heavy (non-hydrogen) atoms. The Morgan fingerprint density at radius 3 is 2.13 bits per heavy atom. The van der Waals surface area contributed by atoms with E-state index in [9.17, 15) is 18.0 Å². The number of carbonyl (C=O) groups is 1. The van der Waals surface area contributed by atoms with Crippen molar-refractivity contribution in [3.05, 3.63) is 16.0 Å². The molecule has 1 heterocycles. The zero-order chi connectivity index (χ0) is 11.7. The molecule has 0 fully saturated rings. The number of aromatic carboxylic acids is 1. The van der Waals surface area contributed by atoms with Gasteiger partial charge in [-0.15, -0.1) is 4.09 Å². The SMILES string of the molecule is O=C(O)c1[nH]n(S(=O)O)c(=O)c1S(=O)O. The van der Waals surface area contributed by atoms with Crippen molar-refractivity contribution in [3.8, 4) is 0 Å². The van der Waals surface area contributed by atoms with Crippen LogP contribution in [0.5, 0.6) is 0 Å². The zero-order valence-electron chi connectivity index (χ0n) is 6.74. The van der Waals surface area contributed by atoms with Crippen LogP contribution in [0.2, 0.25) is 0 Å². The van der Waals surface area contributed by atoms with Gasteiger partial charge in [-0.1, -0.05) is 0 Å². The van der Waals surface area contributed by atoms with Crippen LogP contribution in [0.25, 0.3) is 0 Å². The van der Waals surface area contributed by atoms with Crippen LogP contribution in [0.15, 0.2) is 9.69 Å². The molecule has 1 rings (SSSR count). The van der Waals surface area contributed by atoms with Crippen LogP contribution in [0.1, 0.15) is 10.5 Å². The second-order valence-corrected chi connectivity index (χ2v) is 3.93. The third kappa shape index (κ3) is 2.04. The Morgan fingerprint density at radius 2 is 1.87 bits per heavy atom. The lowest BCUT2D eigenvalue weighted by Gasteiger charge is -1.90. The van der Waals surface area contributed by atoms with Gasteiger partial charge in [0.25, 0.3) is 16.8 Å². The summed E-state index contributed by atoms with van der Waals surface area (Å²) in [7, 11) is 0. The lowest BCUT2D eigenvalue weighted by Crippen LogP contribution is -2.21. The Bertz CT molecular complexity index is 514. The number of rotatable bonds is 3. The maximum absolute atomic E-state index is 11.1. The third-order valence-corrected chi connectivity index (χ3v) is 2.66. The van der Waals surface area contributed by atoms with Crippen molar-refractivity contribution >= 4 is 28.3 Å². The van der Waals surface area contributed by atoms with E-state index >= 15 is 0 Å². The summed E-state index contributed by atoms with van der Waals surface area (Å²) < 4.78 is 38.3. The molecule has 2 atom stereocenters. The summed E-state index contributed by atoms with van der Waals surface area (Å²) in [6, 6.07) is 0. The average molecular weight is 256 g/mol. The molecule has 0 aromatic carbocycles. The standard InChI is InChI=1S/C4H4N2O7S2/c7-3-2(14(10)11)1(4(8)9)5-6(3)15(12)13/h5H,(H,8,9)(H,10,11)(H,12,13). The molecule has 11 heteroatoms. The first-order chi connectivity index (χ1) is 6.86. The van der Waals surface area contributed by atoms with Gasteiger partial charge < -0.3 is 9.66 Å². The number of hydrogen-bond acceptors (Lipinski definition) is 4. The second-order valence-electron chi connectivity index (χ2n) is 2.20. The summed E-state index contributed by atoms with van der Waals surface area (Å²) in [6.07, 6.45) is 0. The predicted octanol–water partition coefficient (Wildman–Crippen LogP) is -1.56. The molecule has 0 aliphatic heterocycles. The van der Waals surface area contributed by atoms with Crippen LogP contribution in [0.4, 0.5) is 0 Å². The van der Waals surface area contributed by atoms with Gasteiger partial charge in [-0.2, -0.15) is 0 Å². The minimum absolute atomic E-state index is 0.0207. The fourth-order valence-corrected chi connectivity index (χ4v) is 1.83. The minimum Gasteiger partial charge on any atom is -0.476 e. The van der Waals surface area contributed by atoms with E-state index in [0.717, 1.165) is 0 Å². The highest BCUT2D eigenvalue weighted by atomic mass is 32.2. The van der Waals surface area contributed by atoms with Crippen LogP contribution in [0.3, 0.4) is 0 Å². The van der Waals surface area contributed by atoms with Crippen molar-refractivity contribution in [3.63, 3.8) is 0 Å². The number of carboxylic acids is 1. The molecule has 9 nitrogen and oxygen atoms in total. The third-order valence-electron chi connectivity index (χ3n) is 1.36. The average Bonchev–Trinajstić information content (AvgIpc) is 2.42. The molecule has 0 bridgehead atoms. The zero-order valence-corrected chi connectivity index (χ0v) is 8.37. The molecule has 0 saturated heterocycles. The van der Waals surface area contributed by atoms with Crippen molar-refractivity contribution in [1.82, 2.24) is 9.19 Å². The number of aromatic amines is 1. The smallest absolute Gasteiger partial charge is 0.355 e. The number of carboxylic acid groups (broad SMARTS) is 1. The maximum Gasteiger partial charge on any atom is 0.355 e. The number of nitrogens with one attached hydrogen (secondary N) is 1. The highest BCUT2D eigenvalue weighted by molar-refractivity contribution is 7.79. The molecule has 1 aromatic rings. The molecular weight excluding hydrogens is 252 g/mol. The summed E-state index contributed by atoms with van der Waals surface area (Å²) in [5.74, 6) is -1.69. The van der Waals surface area contributed by atoms with Crippen molar-refractivity contribution in [2.24, 2.45) is 0 Å². The minimum atomic E-state index is -2.86. The lowest BCUT2D eigenvalue weighted by molar-refractivity contribution is 0.0686. The first-order valence-electron chi connectivity index (χ1n) is 3.16. The van der Waals surface area contributed by atoms with E-state index in [4.69, 9.17) is 14.2 Å². The number of aromatic nitrogens is 2. The highest BCUT2D eigenvalue weighted by Crippen LogP contribution is 2.05. The second kappa shape index (κ2) is 4.06. The quantitative estimate of drug-likeness (QED) is 0.477. The summed E-state index contributed by atoms with van der Waals surface area (Å²) in [5, 5.41) is 10.3. The Labute approximate surface area is 86.4 Å². The largest absolute Gasteiger partial charge is 0.476 e. The summed E-state index contributed by atoms with van der Waals surface area (Å²) in [5.41, 5.74) is -2.24. The van der Waals surface area contributed by atoms with Gasteiger partial charge in [0, 0.05) is 0 Å². The van der Waals surface area contributed by atoms with Crippen LogP contribution >= 0.6 is 0 Å². The number of H-pyrrole nitrogens is 1. The van der Waals surface area contributed by atoms with Gasteiger partial charge in [-0.3, -0.25) is 14.4 Å². The lowest BCUT2D eigenvalue weighted by atomic mass is 10.4.